The highest BCUT2D eigenvalue weighted by molar-refractivity contribution is 7.10. The second kappa shape index (κ2) is 6.18. The summed E-state index contributed by atoms with van der Waals surface area (Å²) in [5.41, 5.74) is 6.43. The molecule has 2 N–H and O–H groups in total. The summed E-state index contributed by atoms with van der Waals surface area (Å²) in [5.74, 6) is 5.94. The number of likely N-dealkylation sites (N-methyl/N-ethyl adjacent to an activating group) is 1. The number of ether oxygens (including phenoxy) is 1. The Hall–Kier alpha value is -0.860. The van der Waals surface area contributed by atoms with Crippen molar-refractivity contribution in [1.82, 2.24) is 4.90 Å². The van der Waals surface area contributed by atoms with Gasteiger partial charge >= 0.3 is 0 Å². The number of nitrogens with two attached hydrogens (primary N) is 1. The van der Waals surface area contributed by atoms with Crippen LogP contribution in [-0.2, 0) is 11.3 Å². The van der Waals surface area contributed by atoms with Gasteiger partial charge < -0.3 is 10.5 Å². The van der Waals surface area contributed by atoms with Gasteiger partial charge in [0.05, 0.1) is 13.2 Å². The number of hydrogen-bond acceptors (Lipinski definition) is 4. The van der Waals surface area contributed by atoms with Crippen LogP contribution in [0.5, 0.6) is 0 Å². The maximum Gasteiger partial charge on any atom is 0.0622 e. The molecule has 1 aromatic heterocycles. The fourth-order valence-electron chi connectivity index (χ4n) is 1.93. The molecule has 2 heterocycles. The predicted molar refractivity (Wildman–Crippen MR) is 70.9 cm³/mol. The fourth-order valence-corrected chi connectivity index (χ4v) is 2.81. The number of nitrogens with zero attached hydrogens (tertiary/aromatic N) is 1. The molecule has 0 aliphatic carbocycles. The van der Waals surface area contributed by atoms with Gasteiger partial charge in [0, 0.05) is 35.0 Å². The maximum atomic E-state index is 5.40. The van der Waals surface area contributed by atoms with E-state index in [0.717, 1.165) is 31.7 Å². The molecular formula is C13H18N2OS. The molecular weight excluding hydrogens is 232 g/mol. The zero-order valence-corrected chi connectivity index (χ0v) is 10.9. The predicted octanol–water partition coefficient (Wildman–Crippen LogP) is 1.28. The van der Waals surface area contributed by atoms with Crippen LogP contribution in [0.1, 0.15) is 16.9 Å². The first-order valence-electron chi connectivity index (χ1n) is 5.84. The zero-order valence-electron chi connectivity index (χ0n) is 10.1. The molecule has 4 heteroatoms. The summed E-state index contributed by atoms with van der Waals surface area (Å²) < 4.78 is 5.40. The van der Waals surface area contributed by atoms with Gasteiger partial charge in [-0.05, 0) is 19.5 Å². The van der Waals surface area contributed by atoms with Gasteiger partial charge in [0.15, 0.2) is 0 Å². The molecule has 0 bridgehead atoms. The van der Waals surface area contributed by atoms with Crippen LogP contribution in [-0.4, -0.2) is 37.7 Å². The Balaban J connectivity index is 1.91. The van der Waals surface area contributed by atoms with Crippen LogP contribution in [0.4, 0.5) is 0 Å². The van der Waals surface area contributed by atoms with E-state index >= 15 is 0 Å². The van der Waals surface area contributed by atoms with Crippen molar-refractivity contribution in [3.8, 4) is 11.8 Å². The van der Waals surface area contributed by atoms with Crippen LogP contribution < -0.4 is 5.73 Å². The standard InChI is InChI=1S/C13H18N2OS/c1-15(12-4-6-16-9-12)8-13-7-11(10-17-13)3-2-5-14/h7,10,12H,4-6,8-9,14H2,1H3. The van der Waals surface area contributed by atoms with Crippen molar-refractivity contribution in [2.75, 3.05) is 26.8 Å². The lowest BCUT2D eigenvalue weighted by Crippen LogP contribution is -2.31. The lowest BCUT2D eigenvalue weighted by atomic mass is 10.2. The normalized spacial score (nSPS) is 19.4. The Morgan fingerprint density at radius 1 is 1.65 bits per heavy atom. The summed E-state index contributed by atoms with van der Waals surface area (Å²) in [6, 6.07) is 2.72. The van der Waals surface area contributed by atoms with Gasteiger partial charge in [0.1, 0.15) is 0 Å². The number of thiophene rings is 1. The molecule has 92 valence electrons. The first kappa shape index (κ1) is 12.6. The summed E-state index contributed by atoms with van der Waals surface area (Å²) in [6.45, 7) is 3.15. The van der Waals surface area contributed by atoms with Crippen LogP contribution in [0.3, 0.4) is 0 Å². The van der Waals surface area contributed by atoms with Crippen molar-refractivity contribution in [3.63, 3.8) is 0 Å². The van der Waals surface area contributed by atoms with Gasteiger partial charge in [-0.1, -0.05) is 11.8 Å². The van der Waals surface area contributed by atoms with Gasteiger partial charge in [0.25, 0.3) is 0 Å². The lowest BCUT2D eigenvalue weighted by molar-refractivity contribution is 0.157. The average Bonchev–Trinajstić information content (AvgIpc) is 2.97. The first-order chi connectivity index (χ1) is 8.29. The summed E-state index contributed by atoms with van der Waals surface area (Å²) in [7, 11) is 2.16. The minimum Gasteiger partial charge on any atom is -0.380 e. The van der Waals surface area contributed by atoms with E-state index in [1.165, 1.54) is 4.88 Å². The van der Waals surface area contributed by atoms with Gasteiger partial charge in [-0.15, -0.1) is 11.3 Å². The quantitative estimate of drug-likeness (QED) is 0.821. The van der Waals surface area contributed by atoms with E-state index in [-0.39, 0.29) is 0 Å². The summed E-state index contributed by atoms with van der Waals surface area (Å²) in [4.78, 5) is 3.71. The van der Waals surface area contributed by atoms with Crippen LogP contribution >= 0.6 is 11.3 Å². The second-order valence-corrected chi connectivity index (χ2v) is 5.24. The zero-order chi connectivity index (χ0) is 12.1. The third kappa shape index (κ3) is 3.55. The molecule has 3 nitrogen and oxygen atoms in total. The molecule has 0 saturated carbocycles. The van der Waals surface area contributed by atoms with E-state index in [4.69, 9.17) is 10.5 Å². The fraction of sp³-hybridized carbons (Fsp3) is 0.538. The molecule has 0 spiro atoms. The van der Waals surface area contributed by atoms with E-state index < -0.39 is 0 Å². The second-order valence-electron chi connectivity index (χ2n) is 4.24. The van der Waals surface area contributed by atoms with Crippen molar-refractivity contribution >= 4 is 11.3 Å². The Kier molecular flexibility index (Phi) is 4.57. The summed E-state index contributed by atoms with van der Waals surface area (Å²) in [5, 5.41) is 2.09. The minimum atomic E-state index is 0.421. The molecule has 1 aliphatic rings. The molecule has 1 saturated heterocycles. The highest BCUT2D eigenvalue weighted by Gasteiger charge is 2.20. The van der Waals surface area contributed by atoms with Gasteiger partial charge in [-0.25, -0.2) is 0 Å². The summed E-state index contributed by atoms with van der Waals surface area (Å²) >= 11 is 1.76. The minimum absolute atomic E-state index is 0.421. The summed E-state index contributed by atoms with van der Waals surface area (Å²) in [6.07, 6.45) is 1.14. The van der Waals surface area contributed by atoms with E-state index in [9.17, 15) is 0 Å². The van der Waals surface area contributed by atoms with Gasteiger partial charge in [-0.2, -0.15) is 0 Å². The third-order valence-electron chi connectivity index (χ3n) is 2.92. The molecule has 2 rings (SSSR count). The van der Waals surface area contributed by atoms with Crippen molar-refractivity contribution < 1.29 is 4.74 Å². The molecule has 1 aliphatic heterocycles. The Morgan fingerprint density at radius 2 is 2.53 bits per heavy atom. The van der Waals surface area contributed by atoms with E-state index in [0.29, 0.717) is 12.6 Å². The highest BCUT2D eigenvalue weighted by atomic mass is 32.1. The Labute approximate surface area is 107 Å². The van der Waals surface area contributed by atoms with Gasteiger partial charge in [-0.3, -0.25) is 4.90 Å². The highest BCUT2D eigenvalue weighted by Crippen LogP contribution is 2.19. The molecule has 1 unspecified atom stereocenters. The van der Waals surface area contributed by atoms with Crippen molar-refractivity contribution in [2.24, 2.45) is 5.73 Å². The topological polar surface area (TPSA) is 38.5 Å². The third-order valence-corrected chi connectivity index (χ3v) is 3.84. The van der Waals surface area contributed by atoms with E-state index in [1.54, 1.807) is 11.3 Å². The SMILES string of the molecule is CN(Cc1cc(C#CCN)cs1)C1CCOC1. The lowest BCUT2D eigenvalue weighted by Gasteiger charge is -2.21. The number of rotatable bonds is 3. The molecule has 17 heavy (non-hydrogen) atoms. The molecule has 0 radical (unpaired) electrons. The molecule has 1 aromatic rings. The molecule has 0 amide bonds. The first-order valence-corrected chi connectivity index (χ1v) is 6.72. The van der Waals surface area contributed by atoms with Crippen molar-refractivity contribution in [1.29, 1.82) is 0 Å². The van der Waals surface area contributed by atoms with Crippen LogP contribution in [0.25, 0.3) is 0 Å². The van der Waals surface area contributed by atoms with E-state index in [2.05, 4.69) is 35.2 Å². The van der Waals surface area contributed by atoms with Crippen molar-refractivity contribution in [2.45, 2.75) is 19.0 Å². The van der Waals surface area contributed by atoms with Crippen molar-refractivity contribution in [3.05, 3.63) is 21.9 Å². The average molecular weight is 250 g/mol. The molecule has 0 aromatic carbocycles. The Bertz CT molecular complexity index is 413. The largest absolute Gasteiger partial charge is 0.380 e. The van der Waals surface area contributed by atoms with Crippen LogP contribution in [0.15, 0.2) is 11.4 Å². The van der Waals surface area contributed by atoms with Crippen LogP contribution in [0, 0.1) is 11.8 Å². The van der Waals surface area contributed by atoms with Crippen LogP contribution in [0.2, 0.25) is 0 Å². The van der Waals surface area contributed by atoms with Gasteiger partial charge in [0.2, 0.25) is 0 Å². The Morgan fingerprint density at radius 3 is 3.24 bits per heavy atom. The maximum absolute atomic E-state index is 5.40. The molecule has 1 atom stereocenters. The van der Waals surface area contributed by atoms with E-state index in [1.807, 2.05) is 0 Å². The smallest absolute Gasteiger partial charge is 0.0622 e. The monoisotopic (exact) mass is 250 g/mol. The number of hydrogen-bond donors (Lipinski definition) is 1. The molecule has 1 fully saturated rings.